The molecule has 0 bridgehead atoms. The van der Waals surface area contributed by atoms with Gasteiger partial charge in [-0.1, -0.05) is 42.5 Å². The zero-order chi connectivity index (χ0) is 13.7. The number of hydrogen-bond donors (Lipinski definition) is 0. The number of ketones is 1. The van der Waals surface area contributed by atoms with Gasteiger partial charge in [0.1, 0.15) is 12.4 Å². The summed E-state index contributed by atoms with van der Waals surface area (Å²) in [5.41, 5.74) is 1.34. The first-order valence-corrected chi connectivity index (χ1v) is 6.12. The fraction of sp³-hybridized carbons (Fsp3) is 0.188. The van der Waals surface area contributed by atoms with Crippen molar-refractivity contribution in [3.05, 3.63) is 71.5 Å². The number of hydrogen-bond acceptors (Lipinski definition) is 2. The second-order valence-electron chi connectivity index (χ2n) is 4.30. The van der Waals surface area contributed by atoms with E-state index in [1.165, 1.54) is 18.2 Å². The number of rotatable bonds is 5. The molecule has 0 saturated carbocycles. The second kappa shape index (κ2) is 6.25. The van der Waals surface area contributed by atoms with Crippen LogP contribution in [0.4, 0.5) is 4.39 Å². The van der Waals surface area contributed by atoms with E-state index in [-0.39, 0.29) is 18.5 Å². The van der Waals surface area contributed by atoms with E-state index < -0.39 is 5.82 Å². The zero-order valence-electron chi connectivity index (χ0n) is 10.7. The molecular formula is C16H15FO2. The first kappa shape index (κ1) is 13.4. The van der Waals surface area contributed by atoms with Crippen LogP contribution in [0.1, 0.15) is 28.9 Å². The van der Waals surface area contributed by atoms with Crippen LogP contribution in [0.25, 0.3) is 0 Å². The lowest BCUT2D eigenvalue weighted by Crippen LogP contribution is -2.11. The van der Waals surface area contributed by atoms with Crippen molar-refractivity contribution in [3.8, 4) is 0 Å². The van der Waals surface area contributed by atoms with Gasteiger partial charge in [-0.15, -0.1) is 0 Å². The zero-order valence-corrected chi connectivity index (χ0v) is 10.7. The van der Waals surface area contributed by atoms with Crippen LogP contribution in [0, 0.1) is 5.82 Å². The molecule has 0 radical (unpaired) electrons. The van der Waals surface area contributed by atoms with Crippen LogP contribution >= 0.6 is 0 Å². The third kappa shape index (κ3) is 3.73. The number of benzene rings is 2. The van der Waals surface area contributed by atoms with E-state index in [0.29, 0.717) is 5.56 Å². The Balaban J connectivity index is 1.94. The van der Waals surface area contributed by atoms with Gasteiger partial charge < -0.3 is 4.74 Å². The van der Waals surface area contributed by atoms with Crippen LogP contribution in [-0.2, 0) is 4.74 Å². The monoisotopic (exact) mass is 258 g/mol. The van der Waals surface area contributed by atoms with Crippen molar-refractivity contribution >= 4 is 5.78 Å². The van der Waals surface area contributed by atoms with E-state index in [1.807, 2.05) is 37.3 Å². The number of ether oxygens (including phenoxy) is 1. The van der Waals surface area contributed by atoms with Crippen LogP contribution < -0.4 is 0 Å². The average Bonchev–Trinajstić information content (AvgIpc) is 2.45. The summed E-state index contributed by atoms with van der Waals surface area (Å²) in [6, 6.07) is 15.3. The maximum absolute atomic E-state index is 13.0. The number of Topliss-reactive ketones (excluding diaryl/α,β-unsaturated/α-hetero) is 1. The molecule has 2 aromatic carbocycles. The fourth-order valence-corrected chi connectivity index (χ4v) is 1.77. The molecule has 3 heteroatoms. The smallest absolute Gasteiger partial charge is 0.188 e. The minimum Gasteiger partial charge on any atom is -0.366 e. The van der Waals surface area contributed by atoms with Gasteiger partial charge >= 0.3 is 0 Å². The quantitative estimate of drug-likeness (QED) is 0.763. The maximum Gasteiger partial charge on any atom is 0.188 e. The van der Waals surface area contributed by atoms with Gasteiger partial charge in [0.25, 0.3) is 0 Å². The highest BCUT2D eigenvalue weighted by Gasteiger charge is 2.10. The summed E-state index contributed by atoms with van der Waals surface area (Å²) in [5, 5.41) is 0. The predicted molar refractivity (Wildman–Crippen MR) is 71.5 cm³/mol. The summed E-state index contributed by atoms with van der Waals surface area (Å²) in [4.78, 5) is 11.8. The highest BCUT2D eigenvalue weighted by Crippen LogP contribution is 2.16. The minimum absolute atomic E-state index is 0.0560. The summed E-state index contributed by atoms with van der Waals surface area (Å²) in [6.07, 6.45) is -0.168. The Hall–Kier alpha value is -2.00. The Bertz CT molecular complexity index is 552. The van der Waals surface area contributed by atoms with Crippen molar-refractivity contribution in [3.63, 3.8) is 0 Å². The Morgan fingerprint density at radius 1 is 1.16 bits per heavy atom. The van der Waals surface area contributed by atoms with E-state index in [2.05, 4.69) is 0 Å². The molecule has 0 aliphatic carbocycles. The lowest BCUT2D eigenvalue weighted by molar-refractivity contribution is 0.0520. The molecule has 0 aliphatic rings. The van der Waals surface area contributed by atoms with Crippen molar-refractivity contribution in [1.82, 2.24) is 0 Å². The van der Waals surface area contributed by atoms with Gasteiger partial charge in [-0.3, -0.25) is 4.79 Å². The van der Waals surface area contributed by atoms with E-state index in [0.717, 1.165) is 5.56 Å². The van der Waals surface area contributed by atoms with Crippen molar-refractivity contribution in [1.29, 1.82) is 0 Å². The molecule has 0 saturated heterocycles. The number of halogens is 1. The normalized spacial score (nSPS) is 12.1. The lowest BCUT2D eigenvalue weighted by Gasteiger charge is -2.12. The maximum atomic E-state index is 13.0. The second-order valence-corrected chi connectivity index (χ2v) is 4.30. The van der Waals surface area contributed by atoms with Crippen molar-refractivity contribution in [2.24, 2.45) is 0 Å². The molecule has 0 amide bonds. The molecule has 1 atom stereocenters. The highest BCUT2D eigenvalue weighted by atomic mass is 19.1. The first-order chi connectivity index (χ1) is 9.16. The molecule has 2 nitrogen and oxygen atoms in total. The molecule has 98 valence electrons. The Kier molecular flexibility index (Phi) is 4.42. The van der Waals surface area contributed by atoms with Crippen LogP contribution in [0.15, 0.2) is 54.6 Å². The van der Waals surface area contributed by atoms with E-state index in [1.54, 1.807) is 6.07 Å². The van der Waals surface area contributed by atoms with Crippen LogP contribution in [0.5, 0.6) is 0 Å². The minimum atomic E-state index is -0.415. The van der Waals surface area contributed by atoms with Gasteiger partial charge in [0.2, 0.25) is 0 Å². The summed E-state index contributed by atoms with van der Waals surface area (Å²) in [7, 11) is 0. The lowest BCUT2D eigenvalue weighted by atomic mass is 10.1. The largest absolute Gasteiger partial charge is 0.366 e. The highest BCUT2D eigenvalue weighted by molar-refractivity contribution is 5.97. The van der Waals surface area contributed by atoms with Gasteiger partial charge in [0.15, 0.2) is 5.78 Å². The average molecular weight is 258 g/mol. The molecule has 1 unspecified atom stereocenters. The summed E-state index contributed by atoms with van der Waals surface area (Å²) >= 11 is 0. The van der Waals surface area contributed by atoms with E-state index in [4.69, 9.17) is 4.74 Å². The number of carbonyl (C=O) groups excluding carboxylic acids is 1. The first-order valence-electron chi connectivity index (χ1n) is 6.12. The third-order valence-corrected chi connectivity index (χ3v) is 2.88. The molecule has 0 heterocycles. The summed E-state index contributed by atoms with van der Waals surface area (Å²) in [6.45, 7) is 1.83. The Morgan fingerprint density at radius 2 is 1.89 bits per heavy atom. The van der Waals surface area contributed by atoms with Crippen LogP contribution in [0.3, 0.4) is 0 Å². The molecular weight excluding hydrogens is 243 g/mol. The third-order valence-electron chi connectivity index (χ3n) is 2.88. The summed E-state index contributed by atoms with van der Waals surface area (Å²) < 4.78 is 18.5. The number of carbonyl (C=O) groups is 1. The van der Waals surface area contributed by atoms with Crippen molar-refractivity contribution in [2.45, 2.75) is 13.0 Å². The van der Waals surface area contributed by atoms with Gasteiger partial charge in [0.05, 0.1) is 6.10 Å². The Labute approximate surface area is 111 Å². The standard InChI is InChI=1S/C16H15FO2/c1-12(13-6-3-2-4-7-13)19-11-16(18)14-8-5-9-15(17)10-14/h2-10,12H,11H2,1H3. The van der Waals surface area contributed by atoms with Crippen molar-refractivity contribution < 1.29 is 13.9 Å². The molecule has 0 N–H and O–H groups in total. The molecule has 19 heavy (non-hydrogen) atoms. The fourth-order valence-electron chi connectivity index (χ4n) is 1.77. The molecule has 2 aromatic rings. The molecule has 0 aliphatic heterocycles. The molecule has 0 aromatic heterocycles. The van der Waals surface area contributed by atoms with Crippen LogP contribution in [0.2, 0.25) is 0 Å². The molecule has 2 rings (SSSR count). The van der Waals surface area contributed by atoms with Gasteiger partial charge in [-0.05, 0) is 24.6 Å². The Morgan fingerprint density at radius 3 is 2.58 bits per heavy atom. The van der Waals surface area contributed by atoms with Crippen molar-refractivity contribution in [2.75, 3.05) is 6.61 Å². The predicted octanol–water partition coefficient (Wildman–Crippen LogP) is 3.79. The van der Waals surface area contributed by atoms with E-state index >= 15 is 0 Å². The van der Waals surface area contributed by atoms with Gasteiger partial charge in [-0.25, -0.2) is 4.39 Å². The topological polar surface area (TPSA) is 26.3 Å². The SMILES string of the molecule is CC(OCC(=O)c1cccc(F)c1)c1ccccc1. The molecule has 0 fully saturated rings. The van der Waals surface area contributed by atoms with Gasteiger partial charge in [0, 0.05) is 5.56 Å². The van der Waals surface area contributed by atoms with E-state index in [9.17, 15) is 9.18 Å². The van der Waals surface area contributed by atoms with Gasteiger partial charge in [-0.2, -0.15) is 0 Å². The molecule has 0 spiro atoms. The summed E-state index contributed by atoms with van der Waals surface area (Å²) in [5.74, 6) is -0.635. The van der Waals surface area contributed by atoms with Crippen LogP contribution in [-0.4, -0.2) is 12.4 Å².